The van der Waals surface area contributed by atoms with Gasteiger partial charge in [0.05, 0.1) is 0 Å². The Morgan fingerprint density at radius 2 is 1.84 bits per heavy atom. The van der Waals surface area contributed by atoms with Crippen LogP contribution in [-0.2, 0) is 26.2 Å². The summed E-state index contributed by atoms with van der Waals surface area (Å²) in [5.74, 6) is 2.80. The Bertz CT molecular complexity index is 1340. The lowest BCUT2D eigenvalue weighted by molar-refractivity contribution is -0.136. The first kappa shape index (κ1) is 26.4. The van der Waals surface area contributed by atoms with Crippen molar-refractivity contribution in [2.75, 3.05) is 13.1 Å². The van der Waals surface area contributed by atoms with Crippen molar-refractivity contribution in [3.63, 3.8) is 0 Å². The normalized spacial score (nSPS) is 18.7. The van der Waals surface area contributed by atoms with E-state index < -0.39 is 11.7 Å². The second-order valence-corrected chi connectivity index (χ2v) is 10.7. The van der Waals surface area contributed by atoms with Crippen LogP contribution in [0.3, 0.4) is 0 Å². The minimum Gasteiger partial charge on any atom is -0.435 e. The van der Waals surface area contributed by atoms with Gasteiger partial charge in [-0.1, -0.05) is 44.4 Å². The van der Waals surface area contributed by atoms with E-state index in [4.69, 9.17) is 4.42 Å². The average molecular weight is 526 g/mol. The molecule has 3 heterocycles. The van der Waals surface area contributed by atoms with Crippen LogP contribution in [0.25, 0.3) is 22.6 Å². The maximum absolute atomic E-state index is 13.6. The van der Waals surface area contributed by atoms with E-state index in [1.165, 1.54) is 31.7 Å². The lowest BCUT2D eigenvalue weighted by atomic mass is 9.83. The number of piperidine rings is 1. The van der Waals surface area contributed by atoms with Gasteiger partial charge in [0.2, 0.25) is 5.89 Å². The Hall–Kier alpha value is -3.20. The third kappa shape index (κ3) is 6.26. The number of rotatable bonds is 5. The van der Waals surface area contributed by atoms with Gasteiger partial charge in [0.25, 0.3) is 0 Å². The summed E-state index contributed by atoms with van der Waals surface area (Å²) in [6, 6.07) is 11.9. The lowest BCUT2D eigenvalue weighted by Crippen LogP contribution is -2.33. The molecule has 0 radical (unpaired) electrons. The van der Waals surface area contributed by atoms with Crippen LogP contribution in [0.5, 0.6) is 0 Å². The van der Waals surface area contributed by atoms with Crippen molar-refractivity contribution in [2.24, 2.45) is 18.9 Å². The zero-order valence-corrected chi connectivity index (χ0v) is 21.9. The number of fused-ring (bicyclic) bond motifs is 1. The summed E-state index contributed by atoms with van der Waals surface area (Å²) in [5, 5.41) is 7.90. The van der Waals surface area contributed by atoms with Crippen LogP contribution in [0.15, 0.2) is 53.2 Å². The van der Waals surface area contributed by atoms with Crippen LogP contribution in [0, 0.1) is 11.8 Å². The van der Waals surface area contributed by atoms with Crippen LogP contribution in [0.4, 0.5) is 13.2 Å². The molecule has 0 bridgehead atoms. The van der Waals surface area contributed by atoms with Crippen molar-refractivity contribution in [3.05, 3.63) is 65.7 Å². The zero-order chi connectivity index (χ0) is 26.7. The van der Waals surface area contributed by atoms with Gasteiger partial charge in [-0.3, -0.25) is 4.90 Å². The van der Waals surface area contributed by atoms with Crippen molar-refractivity contribution >= 4 is 11.1 Å². The van der Waals surface area contributed by atoms with Crippen molar-refractivity contribution in [1.82, 2.24) is 24.6 Å². The minimum atomic E-state index is -4.49. The molecule has 2 aromatic heterocycles. The number of hydrogen-bond acceptors (Lipinski definition) is 5. The topological polar surface area (TPSA) is 60.0 Å². The highest BCUT2D eigenvalue weighted by atomic mass is 19.4. The molecule has 6 nitrogen and oxygen atoms in total. The largest absolute Gasteiger partial charge is 0.435 e. The van der Waals surface area contributed by atoms with Gasteiger partial charge in [-0.25, -0.2) is 4.98 Å². The van der Waals surface area contributed by atoms with Gasteiger partial charge < -0.3 is 8.98 Å². The van der Waals surface area contributed by atoms with Crippen LogP contribution < -0.4 is 0 Å². The first-order valence-corrected chi connectivity index (χ1v) is 13.4. The number of aryl methyl sites for hydroxylation is 1. The molecule has 4 aromatic rings. The Kier molecular flexibility index (Phi) is 7.83. The SMILES string of the molecule is C[C@H]1CCCN(Cc2cc(C(F)(F)F)c3oc(-c4ccccc4)nc3c2)C1.Cn1cnnc1CC1CCC1. The van der Waals surface area contributed by atoms with Crippen LogP contribution >= 0.6 is 0 Å². The summed E-state index contributed by atoms with van der Waals surface area (Å²) in [7, 11) is 2.01. The van der Waals surface area contributed by atoms with E-state index in [0.29, 0.717) is 23.6 Å². The van der Waals surface area contributed by atoms with Crippen LogP contribution in [-0.4, -0.2) is 37.7 Å². The van der Waals surface area contributed by atoms with Gasteiger partial charge >= 0.3 is 6.18 Å². The Morgan fingerprint density at radius 3 is 2.47 bits per heavy atom. The van der Waals surface area contributed by atoms with E-state index in [9.17, 15) is 13.2 Å². The number of alkyl halides is 3. The quantitative estimate of drug-likeness (QED) is 0.284. The fourth-order valence-electron chi connectivity index (χ4n) is 5.23. The van der Waals surface area contributed by atoms with Gasteiger partial charge in [0.1, 0.15) is 23.2 Å². The molecule has 1 aliphatic heterocycles. The molecule has 0 spiro atoms. The van der Waals surface area contributed by atoms with Gasteiger partial charge in [-0.05, 0) is 61.1 Å². The highest BCUT2D eigenvalue weighted by molar-refractivity contribution is 5.80. The van der Waals surface area contributed by atoms with Gasteiger partial charge in [0.15, 0.2) is 5.58 Å². The molecular formula is C29H34F3N5O. The molecule has 2 aromatic carbocycles. The Morgan fingerprint density at radius 1 is 1.05 bits per heavy atom. The van der Waals surface area contributed by atoms with Crippen molar-refractivity contribution in [2.45, 2.75) is 58.2 Å². The molecular weight excluding hydrogens is 491 g/mol. The Balaban J connectivity index is 0.000000222. The number of oxazole rings is 1. The summed E-state index contributed by atoms with van der Waals surface area (Å²) in [5.41, 5.74) is 0.584. The van der Waals surface area contributed by atoms with E-state index in [1.54, 1.807) is 36.7 Å². The van der Waals surface area contributed by atoms with Gasteiger partial charge in [-0.2, -0.15) is 13.2 Å². The van der Waals surface area contributed by atoms with Gasteiger partial charge in [0, 0.05) is 32.1 Å². The van der Waals surface area contributed by atoms with Crippen LogP contribution in [0.2, 0.25) is 0 Å². The molecule has 1 atom stereocenters. The third-order valence-corrected chi connectivity index (χ3v) is 7.52. The third-order valence-electron chi connectivity index (χ3n) is 7.52. The Labute approximate surface area is 220 Å². The fraction of sp³-hybridized carbons (Fsp3) is 0.483. The first-order valence-electron chi connectivity index (χ1n) is 13.4. The molecule has 1 saturated carbocycles. The molecule has 9 heteroatoms. The molecule has 0 unspecified atom stereocenters. The first-order chi connectivity index (χ1) is 18.3. The van der Waals surface area contributed by atoms with E-state index in [-0.39, 0.29) is 17.0 Å². The minimum absolute atomic E-state index is 0.197. The zero-order valence-electron chi connectivity index (χ0n) is 21.9. The fourth-order valence-corrected chi connectivity index (χ4v) is 5.23. The number of hydrogen-bond donors (Lipinski definition) is 0. The molecule has 6 rings (SSSR count). The predicted molar refractivity (Wildman–Crippen MR) is 140 cm³/mol. The summed E-state index contributed by atoms with van der Waals surface area (Å²) in [4.78, 5) is 6.56. The summed E-state index contributed by atoms with van der Waals surface area (Å²) < 4.78 is 48.5. The van der Waals surface area contributed by atoms with E-state index in [0.717, 1.165) is 37.7 Å². The maximum atomic E-state index is 13.6. The molecule has 1 aliphatic carbocycles. The molecule has 202 valence electrons. The van der Waals surface area contributed by atoms with Crippen LogP contribution in [0.1, 0.15) is 56.0 Å². The average Bonchev–Trinajstić information content (AvgIpc) is 3.47. The maximum Gasteiger partial charge on any atom is 0.420 e. The number of nitrogens with zero attached hydrogens (tertiary/aromatic N) is 5. The highest BCUT2D eigenvalue weighted by Crippen LogP contribution is 2.38. The van der Waals surface area contributed by atoms with Gasteiger partial charge in [-0.15, -0.1) is 10.2 Å². The van der Waals surface area contributed by atoms with Crippen molar-refractivity contribution in [1.29, 1.82) is 0 Å². The second kappa shape index (κ2) is 11.3. The number of halogens is 3. The smallest absolute Gasteiger partial charge is 0.420 e. The number of likely N-dealkylation sites (tertiary alicyclic amines) is 1. The van der Waals surface area contributed by atoms with Crippen molar-refractivity contribution < 1.29 is 17.6 Å². The molecule has 2 fully saturated rings. The lowest BCUT2D eigenvalue weighted by Gasteiger charge is -2.30. The molecule has 0 N–H and O–H groups in total. The van der Waals surface area contributed by atoms with Crippen molar-refractivity contribution in [3.8, 4) is 11.5 Å². The number of aromatic nitrogens is 4. The monoisotopic (exact) mass is 525 g/mol. The molecule has 1 saturated heterocycles. The second-order valence-electron chi connectivity index (χ2n) is 10.7. The van der Waals surface area contributed by atoms with E-state index >= 15 is 0 Å². The summed E-state index contributed by atoms with van der Waals surface area (Å²) in [6.07, 6.45) is 4.83. The highest BCUT2D eigenvalue weighted by Gasteiger charge is 2.35. The summed E-state index contributed by atoms with van der Waals surface area (Å²) >= 11 is 0. The number of benzene rings is 2. The standard InChI is InChI=1S/C21H21F3N2O.C8H13N3/c1-14-6-5-9-26(12-14)13-15-10-17(21(22,23)24)19-18(11-15)25-20(27-19)16-7-3-2-4-8-16;1-11-6-9-10-8(11)5-7-3-2-4-7/h2-4,7-8,10-11,14H,5-6,9,12-13H2,1H3;6-7H,2-5H2,1H3/t14-;/m0./s1. The summed E-state index contributed by atoms with van der Waals surface area (Å²) in [6.45, 7) is 4.50. The van der Waals surface area contributed by atoms with E-state index in [2.05, 4.69) is 27.0 Å². The molecule has 0 amide bonds. The molecule has 2 aliphatic rings. The predicted octanol–water partition coefficient (Wildman–Crippen LogP) is 6.90. The van der Waals surface area contributed by atoms with E-state index in [1.807, 2.05) is 17.7 Å². The molecule has 38 heavy (non-hydrogen) atoms.